The predicted molar refractivity (Wildman–Crippen MR) is 87.3 cm³/mol. The maximum atomic E-state index is 6.47. The molecule has 0 aromatic heterocycles. The van der Waals surface area contributed by atoms with Crippen LogP contribution in [0, 0.1) is 13.8 Å². The molecule has 0 radical (unpaired) electrons. The molecule has 0 saturated heterocycles. The molecule has 1 heterocycles. The number of hydrogen-bond donors (Lipinski definition) is 1. The first-order chi connectivity index (χ1) is 10.1. The molecule has 2 aromatic rings. The highest BCUT2D eigenvalue weighted by Gasteiger charge is 2.31. The zero-order chi connectivity index (χ0) is 15.0. The van der Waals surface area contributed by atoms with E-state index in [1.54, 1.807) is 0 Å². The average Bonchev–Trinajstić information content (AvgIpc) is 2.88. The van der Waals surface area contributed by atoms with Gasteiger partial charge in [-0.2, -0.15) is 0 Å². The molecule has 1 aliphatic heterocycles. The second-order valence-electron chi connectivity index (χ2n) is 5.69. The molecular weight excluding hydrogens is 282 g/mol. The van der Waals surface area contributed by atoms with Gasteiger partial charge < -0.3 is 10.1 Å². The van der Waals surface area contributed by atoms with E-state index in [0.717, 1.165) is 22.8 Å². The Balaban J connectivity index is 1.92. The first-order valence-electron chi connectivity index (χ1n) is 7.28. The zero-order valence-corrected chi connectivity index (χ0v) is 13.4. The van der Waals surface area contributed by atoms with Crippen molar-refractivity contribution in [1.82, 2.24) is 5.32 Å². The number of para-hydroxylation sites is 1. The normalized spacial score (nSPS) is 18.2. The average molecular weight is 302 g/mol. The minimum Gasteiger partial charge on any atom is -0.488 e. The smallest absolute Gasteiger partial charge is 0.123 e. The molecule has 2 aromatic carbocycles. The number of halogens is 1. The van der Waals surface area contributed by atoms with Gasteiger partial charge in [0.25, 0.3) is 0 Å². The molecule has 0 saturated carbocycles. The lowest BCUT2D eigenvalue weighted by molar-refractivity contribution is 0.183. The quantitative estimate of drug-likeness (QED) is 0.916. The Bertz CT molecular complexity index is 643. The van der Waals surface area contributed by atoms with Crippen LogP contribution < -0.4 is 10.1 Å². The molecule has 110 valence electrons. The molecule has 0 amide bonds. The van der Waals surface area contributed by atoms with Crippen molar-refractivity contribution in [2.24, 2.45) is 0 Å². The second kappa shape index (κ2) is 5.70. The fourth-order valence-corrected chi connectivity index (χ4v) is 3.31. The van der Waals surface area contributed by atoms with Gasteiger partial charge in [-0.1, -0.05) is 35.9 Å². The Kier molecular flexibility index (Phi) is 3.92. The van der Waals surface area contributed by atoms with Crippen LogP contribution in [-0.2, 0) is 6.42 Å². The number of likely N-dealkylation sites (N-methyl/N-ethyl adjacent to an activating group) is 1. The standard InChI is InChI=1S/C18H20ClNO/c1-11-8-14(15(19)9-12(11)2)18(20-3)17-10-13-6-4-5-7-16(13)21-17/h4-9,17-18,20H,10H2,1-3H3. The van der Waals surface area contributed by atoms with Crippen molar-refractivity contribution >= 4 is 11.6 Å². The zero-order valence-electron chi connectivity index (χ0n) is 12.6. The molecule has 2 nitrogen and oxygen atoms in total. The monoisotopic (exact) mass is 301 g/mol. The fraction of sp³-hybridized carbons (Fsp3) is 0.333. The minimum absolute atomic E-state index is 0.0759. The summed E-state index contributed by atoms with van der Waals surface area (Å²) in [6.45, 7) is 4.20. The lowest BCUT2D eigenvalue weighted by atomic mass is 9.95. The summed E-state index contributed by atoms with van der Waals surface area (Å²) >= 11 is 6.47. The van der Waals surface area contributed by atoms with E-state index >= 15 is 0 Å². The third-order valence-electron chi connectivity index (χ3n) is 4.30. The Morgan fingerprint density at radius 1 is 1.19 bits per heavy atom. The molecule has 0 bridgehead atoms. The minimum atomic E-state index is 0.0759. The summed E-state index contributed by atoms with van der Waals surface area (Å²) in [5.74, 6) is 0.989. The van der Waals surface area contributed by atoms with Crippen LogP contribution in [0.2, 0.25) is 5.02 Å². The molecule has 1 aliphatic rings. The van der Waals surface area contributed by atoms with Crippen LogP contribution in [0.25, 0.3) is 0 Å². The van der Waals surface area contributed by atoms with Crippen molar-refractivity contribution in [1.29, 1.82) is 0 Å². The number of fused-ring (bicyclic) bond motifs is 1. The fourth-order valence-electron chi connectivity index (χ4n) is 2.98. The topological polar surface area (TPSA) is 21.3 Å². The molecule has 2 atom stereocenters. The van der Waals surface area contributed by atoms with E-state index in [1.807, 2.05) is 25.2 Å². The van der Waals surface area contributed by atoms with E-state index in [1.165, 1.54) is 16.7 Å². The summed E-state index contributed by atoms with van der Waals surface area (Å²) in [6.07, 6.45) is 0.984. The highest BCUT2D eigenvalue weighted by atomic mass is 35.5. The summed E-state index contributed by atoms with van der Waals surface area (Å²) in [5.41, 5.74) is 4.85. The molecule has 0 fully saturated rings. The summed E-state index contributed by atoms with van der Waals surface area (Å²) in [4.78, 5) is 0. The summed E-state index contributed by atoms with van der Waals surface area (Å²) in [7, 11) is 1.96. The van der Waals surface area contributed by atoms with Crippen LogP contribution in [0.3, 0.4) is 0 Å². The number of aryl methyl sites for hydroxylation is 2. The maximum Gasteiger partial charge on any atom is 0.123 e. The van der Waals surface area contributed by atoms with Gasteiger partial charge in [-0.05, 0) is 55.3 Å². The van der Waals surface area contributed by atoms with Gasteiger partial charge in [0.1, 0.15) is 11.9 Å². The number of ether oxygens (including phenoxy) is 1. The van der Waals surface area contributed by atoms with Gasteiger partial charge in [-0.15, -0.1) is 0 Å². The van der Waals surface area contributed by atoms with Gasteiger partial charge >= 0.3 is 0 Å². The van der Waals surface area contributed by atoms with Gasteiger partial charge in [0.05, 0.1) is 6.04 Å². The van der Waals surface area contributed by atoms with Crippen LogP contribution in [-0.4, -0.2) is 13.2 Å². The Morgan fingerprint density at radius 3 is 2.62 bits per heavy atom. The number of hydrogen-bond acceptors (Lipinski definition) is 2. The number of rotatable bonds is 3. The highest BCUT2D eigenvalue weighted by Crippen LogP contribution is 2.36. The molecule has 3 heteroatoms. The molecule has 21 heavy (non-hydrogen) atoms. The van der Waals surface area contributed by atoms with Crippen LogP contribution in [0.5, 0.6) is 5.75 Å². The first kappa shape index (κ1) is 14.4. The number of benzene rings is 2. The van der Waals surface area contributed by atoms with E-state index in [4.69, 9.17) is 16.3 Å². The van der Waals surface area contributed by atoms with Crippen molar-refractivity contribution < 1.29 is 4.74 Å². The van der Waals surface area contributed by atoms with Crippen LogP contribution in [0.15, 0.2) is 36.4 Å². The van der Waals surface area contributed by atoms with Gasteiger partial charge in [-0.25, -0.2) is 0 Å². The summed E-state index contributed by atoms with van der Waals surface area (Å²) in [5, 5.41) is 4.18. The molecular formula is C18H20ClNO. The molecule has 3 rings (SSSR count). The molecule has 0 spiro atoms. The lowest BCUT2D eigenvalue weighted by Crippen LogP contribution is -2.33. The van der Waals surface area contributed by atoms with Crippen molar-refractivity contribution in [2.75, 3.05) is 7.05 Å². The maximum absolute atomic E-state index is 6.47. The molecule has 2 unspecified atom stereocenters. The van der Waals surface area contributed by atoms with Crippen LogP contribution in [0.1, 0.15) is 28.3 Å². The van der Waals surface area contributed by atoms with Gasteiger partial charge in [0, 0.05) is 11.4 Å². The van der Waals surface area contributed by atoms with E-state index < -0.39 is 0 Å². The Hall–Kier alpha value is -1.51. The van der Waals surface area contributed by atoms with Crippen molar-refractivity contribution in [2.45, 2.75) is 32.4 Å². The van der Waals surface area contributed by atoms with Crippen molar-refractivity contribution in [3.05, 3.63) is 63.7 Å². The highest BCUT2D eigenvalue weighted by molar-refractivity contribution is 6.31. The van der Waals surface area contributed by atoms with Gasteiger partial charge in [0.2, 0.25) is 0 Å². The van der Waals surface area contributed by atoms with E-state index in [9.17, 15) is 0 Å². The Morgan fingerprint density at radius 2 is 1.90 bits per heavy atom. The largest absolute Gasteiger partial charge is 0.488 e. The summed E-state index contributed by atoms with van der Waals surface area (Å²) < 4.78 is 6.12. The van der Waals surface area contributed by atoms with Crippen LogP contribution in [0.4, 0.5) is 0 Å². The first-order valence-corrected chi connectivity index (χ1v) is 7.66. The predicted octanol–water partition coefficient (Wildman–Crippen LogP) is 4.22. The third kappa shape index (κ3) is 2.66. The van der Waals surface area contributed by atoms with E-state index in [2.05, 4.69) is 37.4 Å². The second-order valence-corrected chi connectivity index (χ2v) is 6.10. The van der Waals surface area contributed by atoms with Crippen LogP contribution >= 0.6 is 11.6 Å². The van der Waals surface area contributed by atoms with Crippen molar-refractivity contribution in [3.8, 4) is 5.75 Å². The van der Waals surface area contributed by atoms with Crippen molar-refractivity contribution in [3.63, 3.8) is 0 Å². The molecule has 0 aliphatic carbocycles. The number of nitrogens with one attached hydrogen (secondary N) is 1. The SMILES string of the molecule is CNC(c1cc(C)c(C)cc1Cl)C1Cc2ccccc2O1. The van der Waals surface area contributed by atoms with E-state index in [0.29, 0.717) is 0 Å². The molecule has 1 N–H and O–H groups in total. The Labute approximate surface area is 131 Å². The third-order valence-corrected chi connectivity index (χ3v) is 4.63. The lowest BCUT2D eigenvalue weighted by Gasteiger charge is -2.25. The van der Waals surface area contributed by atoms with E-state index in [-0.39, 0.29) is 12.1 Å². The van der Waals surface area contributed by atoms with Gasteiger partial charge in [0.15, 0.2) is 0 Å². The van der Waals surface area contributed by atoms with Gasteiger partial charge in [-0.3, -0.25) is 0 Å². The summed E-state index contributed by atoms with van der Waals surface area (Å²) in [6, 6.07) is 12.5.